The van der Waals surface area contributed by atoms with Gasteiger partial charge in [-0.3, -0.25) is 20.0 Å². The molecular weight excluding hydrogens is 362 g/mol. The number of nitro benzene ring substituents is 1. The predicted molar refractivity (Wildman–Crippen MR) is 96.7 cm³/mol. The first kappa shape index (κ1) is 19.2. The molecule has 2 N–H and O–H groups in total. The molecule has 0 spiro atoms. The van der Waals surface area contributed by atoms with E-state index in [0.29, 0.717) is 0 Å². The number of nitrogens with one attached hydrogen (secondary N) is 1. The highest BCUT2D eigenvalue weighted by molar-refractivity contribution is 7.71. The fourth-order valence-electron chi connectivity index (χ4n) is 2.10. The zero-order chi connectivity index (χ0) is 19.6. The minimum atomic E-state index is -0.653. The number of benzene rings is 1. The first-order valence-electron chi connectivity index (χ1n) is 7.38. The van der Waals surface area contributed by atoms with Gasteiger partial charge in [-0.1, -0.05) is 20.8 Å². The second-order valence-corrected chi connectivity index (χ2v) is 6.72. The van der Waals surface area contributed by atoms with Gasteiger partial charge in [0.1, 0.15) is 5.69 Å². The van der Waals surface area contributed by atoms with E-state index in [1.807, 2.05) is 0 Å². The second-order valence-electron chi connectivity index (χ2n) is 6.33. The van der Waals surface area contributed by atoms with Crippen molar-refractivity contribution in [2.24, 2.45) is 5.10 Å². The number of ether oxygens (including phenoxy) is 1. The monoisotopic (exact) mass is 379 g/mol. The topological polar surface area (TPSA) is 136 Å². The maximum absolute atomic E-state index is 12.5. The van der Waals surface area contributed by atoms with Crippen LogP contribution in [0.5, 0.6) is 11.5 Å². The Balaban J connectivity index is 2.62. The average Bonchev–Trinajstić information content (AvgIpc) is 2.53. The molecule has 0 aliphatic heterocycles. The summed E-state index contributed by atoms with van der Waals surface area (Å²) in [4.78, 5) is 23.1. The van der Waals surface area contributed by atoms with Crippen molar-refractivity contribution >= 4 is 24.1 Å². The van der Waals surface area contributed by atoms with Crippen LogP contribution in [0.4, 0.5) is 5.69 Å². The highest BCUT2D eigenvalue weighted by atomic mass is 32.1. The Labute approximate surface area is 152 Å². The number of nitro groups is 1. The SMILES string of the molecule is COc1cc([N+](=O)[O-])c(/C=N\n2c(=S)[nH]nc(C(C)(C)C)c2=O)cc1O. The van der Waals surface area contributed by atoms with E-state index in [9.17, 15) is 20.0 Å². The van der Waals surface area contributed by atoms with Crippen LogP contribution in [0.3, 0.4) is 0 Å². The molecule has 2 rings (SSSR count). The van der Waals surface area contributed by atoms with Gasteiger partial charge in [-0.25, -0.2) is 0 Å². The van der Waals surface area contributed by atoms with E-state index in [2.05, 4.69) is 15.3 Å². The van der Waals surface area contributed by atoms with Gasteiger partial charge < -0.3 is 9.84 Å². The van der Waals surface area contributed by atoms with Crippen molar-refractivity contribution in [3.63, 3.8) is 0 Å². The highest BCUT2D eigenvalue weighted by Gasteiger charge is 2.22. The summed E-state index contributed by atoms with van der Waals surface area (Å²) in [6, 6.07) is 2.18. The van der Waals surface area contributed by atoms with Gasteiger partial charge in [-0.15, -0.1) is 0 Å². The fourth-order valence-corrected chi connectivity index (χ4v) is 2.28. The lowest BCUT2D eigenvalue weighted by molar-refractivity contribution is -0.385. The van der Waals surface area contributed by atoms with Gasteiger partial charge in [0.25, 0.3) is 11.2 Å². The number of nitrogens with zero attached hydrogens (tertiary/aromatic N) is 4. The number of hydrogen-bond acceptors (Lipinski definition) is 8. The van der Waals surface area contributed by atoms with Crippen LogP contribution in [-0.4, -0.2) is 38.2 Å². The van der Waals surface area contributed by atoms with E-state index in [0.717, 1.165) is 23.0 Å². The number of rotatable bonds is 4. The van der Waals surface area contributed by atoms with Crippen molar-refractivity contribution in [1.29, 1.82) is 0 Å². The average molecular weight is 379 g/mol. The van der Waals surface area contributed by atoms with Gasteiger partial charge in [0.15, 0.2) is 11.5 Å². The third-order valence-corrected chi connectivity index (χ3v) is 3.66. The number of phenolic OH excluding ortho intramolecular Hbond substituents is 1. The molecule has 0 atom stereocenters. The highest BCUT2D eigenvalue weighted by Crippen LogP contribution is 2.32. The van der Waals surface area contributed by atoms with Gasteiger partial charge >= 0.3 is 0 Å². The Morgan fingerprint density at radius 1 is 1.46 bits per heavy atom. The third-order valence-electron chi connectivity index (χ3n) is 3.40. The molecule has 1 heterocycles. The van der Waals surface area contributed by atoms with Crippen LogP contribution in [0.25, 0.3) is 0 Å². The Morgan fingerprint density at radius 2 is 2.12 bits per heavy atom. The van der Waals surface area contributed by atoms with Crippen molar-refractivity contribution in [3.05, 3.63) is 48.6 Å². The summed E-state index contributed by atoms with van der Waals surface area (Å²) in [5, 5.41) is 31.5. The first-order valence-corrected chi connectivity index (χ1v) is 7.79. The lowest BCUT2D eigenvalue weighted by Crippen LogP contribution is -2.32. The van der Waals surface area contributed by atoms with Crippen molar-refractivity contribution < 1.29 is 14.8 Å². The van der Waals surface area contributed by atoms with Crippen molar-refractivity contribution in [2.45, 2.75) is 26.2 Å². The molecule has 0 saturated carbocycles. The molecule has 0 bridgehead atoms. The molecule has 2 aromatic rings. The normalized spacial score (nSPS) is 11.7. The van der Waals surface area contributed by atoms with E-state index < -0.39 is 15.9 Å². The summed E-state index contributed by atoms with van der Waals surface area (Å²) in [5.74, 6) is -0.357. The molecule has 0 aliphatic rings. The lowest BCUT2D eigenvalue weighted by atomic mass is 9.93. The maximum Gasteiger partial charge on any atom is 0.297 e. The molecule has 26 heavy (non-hydrogen) atoms. The molecule has 0 saturated heterocycles. The summed E-state index contributed by atoms with van der Waals surface area (Å²) in [7, 11) is 1.27. The van der Waals surface area contributed by atoms with Crippen molar-refractivity contribution in [3.8, 4) is 11.5 Å². The largest absolute Gasteiger partial charge is 0.504 e. The van der Waals surface area contributed by atoms with Crippen LogP contribution >= 0.6 is 12.2 Å². The van der Waals surface area contributed by atoms with Crippen LogP contribution in [0.1, 0.15) is 32.0 Å². The number of H-pyrrole nitrogens is 1. The van der Waals surface area contributed by atoms with E-state index in [1.165, 1.54) is 7.11 Å². The van der Waals surface area contributed by atoms with E-state index in [4.69, 9.17) is 17.0 Å². The predicted octanol–water partition coefficient (Wildman–Crippen LogP) is 2.10. The Kier molecular flexibility index (Phi) is 5.21. The number of aromatic hydroxyl groups is 1. The van der Waals surface area contributed by atoms with E-state index in [1.54, 1.807) is 20.8 Å². The molecular formula is C15H17N5O5S. The number of phenols is 1. The minimum Gasteiger partial charge on any atom is -0.504 e. The zero-order valence-electron chi connectivity index (χ0n) is 14.5. The lowest BCUT2D eigenvalue weighted by Gasteiger charge is -2.16. The molecule has 0 aliphatic carbocycles. The van der Waals surface area contributed by atoms with Crippen LogP contribution in [-0.2, 0) is 5.41 Å². The van der Waals surface area contributed by atoms with Gasteiger partial charge in [0.05, 0.1) is 29.9 Å². The summed E-state index contributed by atoms with van der Waals surface area (Å²) in [6.07, 6.45) is 1.06. The van der Waals surface area contributed by atoms with Crippen LogP contribution in [0.15, 0.2) is 22.0 Å². The van der Waals surface area contributed by atoms with E-state index in [-0.39, 0.29) is 33.2 Å². The molecule has 138 valence electrons. The van der Waals surface area contributed by atoms with E-state index >= 15 is 0 Å². The molecule has 1 aromatic heterocycles. The smallest absolute Gasteiger partial charge is 0.297 e. The first-order chi connectivity index (χ1) is 12.1. The van der Waals surface area contributed by atoms with Crippen LogP contribution in [0.2, 0.25) is 0 Å². The molecule has 0 unspecified atom stereocenters. The third kappa shape index (κ3) is 3.77. The van der Waals surface area contributed by atoms with Gasteiger partial charge in [-0.05, 0) is 18.3 Å². The Hall–Kier alpha value is -3.08. The molecule has 0 radical (unpaired) electrons. The summed E-state index contributed by atoms with van der Waals surface area (Å²) >= 11 is 5.02. The summed E-state index contributed by atoms with van der Waals surface area (Å²) in [6.45, 7) is 5.40. The van der Waals surface area contributed by atoms with Gasteiger partial charge in [0.2, 0.25) is 4.77 Å². The number of methoxy groups -OCH3 is 1. The summed E-state index contributed by atoms with van der Waals surface area (Å²) < 4.78 is 5.67. The zero-order valence-corrected chi connectivity index (χ0v) is 15.3. The molecule has 0 fully saturated rings. The van der Waals surface area contributed by atoms with Gasteiger partial charge in [-0.2, -0.15) is 14.9 Å². The quantitative estimate of drug-likeness (QED) is 0.359. The molecule has 10 nitrogen and oxygen atoms in total. The summed E-state index contributed by atoms with van der Waals surface area (Å²) in [5.41, 5.74) is -1.27. The number of aromatic amines is 1. The standard InChI is InChI=1S/C15H17N5O5S/c1-15(2,3)12-13(22)19(14(26)18-17-12)16-7-8-5-10(21)11(25-4)6-9(8)20(23)24/h5-7,21H,1-4H3,(H,18,26)/b16-7-. The fraction of sp³-hybridized carbons (Fsp3) is 0.333. The number of hydrogen-bond donors (Lipinski definition) is 2. The minimum absolute atomic E-state index is 0.0243. The Morgan fingerprint density at radius 3 is 2.65 bits per heavy atom. The molecule has 1 aromatic carbocycles. The van der Waals surface area contributed by atoms with Crippen LogP contribution in [0, 0.1) is 14.9 Å². The molecule has 0 amide bonds. The van der Waals surface area contributed by atoms with Gasteiger partial charge in [0, 0.05) is 5.41 Å². The van der Waals surface area contributed by atoms with Crippen molar-refractivity contribution in [1.82, 2.24) is 14.9 Å². The number of aromatic nitrogens is 3. The van der Waals surface area contributed by atoms with Crippen LogP contribution < -0.4 is 10.3 Å². The van der Waals surface area contributed by atoms with Crippen molar-refractivity contribution in [2.75, 3.05) is 7.11 Å². The Bertz CT molecular complexity index is 1000. The maximum atomic E-state index is 12.5. The molecule has 11 heteroatoms. The second kappa shape index (κ2) is 7.04.